The Hall–Kier alpha value is -1.76. The monoisotopic (exact) mass is 354 g/mol. The molecule has 1 aromatic rings. The van der Waals surface area contributed by atoms with Crippen LogP contribution in [0.15, 0.2) is 22.7 Å². The van der Waals surface area contributed by atoms with Crippen molar-refractivity contribution in [2.45, 2.75) is 33.2 Å². The number of carbonyl (C=O) groups is 2. The average Bonchev–Trinajstić information content (AvgIpc) is 2.34. The lowest BCUT2D eigenvalue weighted by molar-refractivity contribution is -0.385. The lowest BCUT2D eigenvalue weighted by Crippen LogP contribution is -2.45. The molecule has 6 nitrogen and oxygen atoms in total. The van der Waals surface area contributed by atoms with Gasteiger partial charge in [0.05, 0.1) is 15.9 Å². The molecule has 0 bridgehead atoms. The van der Waals surface area contributed by atoms with E-state index in [2.05, 4.69) is 15.9 Å². The maximum Gasteiger partial charge on any atom is 0.283 e. The summed E-state index contributed by atoms with van der Waals surface area (Å²) >= 11 is 3.11. The minimum absolute atomic E-state index is 0.0713. The summed E-state index contributed by atoms with van der Waals surface area (Å²) < 4.78 is 0.369. The first kappa shape index (κ1) is 15.6. The van der Waals surface area contributed by atoms with Crippen molar-refractivity contribution < 1.29 is 14.5 Å². The molecule has 0 N–H and O–H groups in total. The van der Waals surface area contributed by atoms with Crippen molar-refractivity contribution in [2.75, 3.05) is 0 Å². The lowest BCUT2D eigenvalue weighted by Gasteiger charge is -2.34. The highest BCUT2D eigenvalue weighted by Gasteiger charge is 2.37. The van der Waals surface area contributed by atoms with Crippen LogP contribution in [0.5, 0.6) is 0 Å². The number of likely N-dealkylation sites (tertiary alicyclic amines) is 1. The Morgan fingerprint density at radius 1 is 1.29 bits per heavy atom. The number of nitrogens with zero attached hydrogens (tertiary/aromatic N) is 2. The number of hydrogen-bond acceptors (Lipinski definition) is 4. The summed E-state index contributed by atoms with van der Waals surface area (Å²) in [5, 5.41) is 10.9. The van der Waals surface area contributed by atoms with E-state index in [4.69, 9.17) is 0 Å². The highest BCUT2D eigenvalue weighted by atomic mass is 79.9. The first-order valence-corrected chi connectivity index (χ1v) is 7.25. The van der Waals surface area contributed by atoms with Gasteiger partial charge in [0.2, 0.25) is 11.8 Å². The Morgan fingerprint density at radius 3 is 2.38 bits per heavy atom. The molecule has 0 saturated carbocycles. The number of nitro groups is 1. The Bertz CT molecular complexity index is 607. The number of carbonyl (C=O) groups excluding carboxylic acids is 2. The van der Waals surface area contributed by atoms with Crippen LogP contribution < -0.4 is 0 Å². The molecule has 1 heterocycles. The summed E-state index contributed by atoms with van der Waals surface area (Å²) in [5.74, 6) is -0.469. The third-order valence-corrected chi connectivity index (χ3v) is 4.08. The van der Waals surface area contributed by atoms with Gasteiger partial charge in [0.15, 0.2) is 0 Å². The van der Waals surface area contributed by atoms with E-state index in [0.29, 0.717) is 22.9 Å². The highest BCUT2D eigenvalue weighted by Crippen LogP contribution is 2.33. The Kier molecular flexibility index (Phi) is 4.13. The molecule has 0 spiro atoms. The van der Waals surface area contributed by atoms with Crippen LogP contribution >= 0.6 is 15.9 Å². The summed E-state index contributed by atoms with van der Waals surface area (Å²) in [4.78, 5) is 35.7. The Labute approximate surface area is 130 Å². The van der Waals surface area contributed by atoms with Crippen molar-refractivity contribution in [1.82, 2.24) is 4.90 Å². The van der Waals surface area contributed by atoms with Gasteiger partial charge in [-0.15, -0.1) is 0 Å². The second-order valence-electron chi connectivity index (χ2n) is 5.93. The molecular formula is C14H15BrN2O4. The predicted octanol–water partition coefficient (Wildman–Crippen LogP) is 3.03. The van der Waals surface area contributed by atoms with E-state index in [1.54, 1.807) is 12.1 Å². The molecule has 112 valence electrons. The maximum absolute atomic E-state index is 12.1. The van der Waals surface area contributed by atoms with Crippen molar-refractivity contribution in [3.05, 3.63) is 38.3 Å². The van der Waals surface area contributed by atoms with Gasteiger partial charge in [0.1, 0.15) is 0 Å². The van der Waals surface area contributed by atoms with Crippen molar-refractivity contribution in [3.63, 3.8) is 0 Å². The van der Waals surface area contributed by atoms with Gasteiger partial charge in [-0.25, -0.2) is 0 Å². The van der Waals surface area contributed by atoms with E-state index in [1.165, 1.54) is 11.0 Å². The summed E-state index contributed by atoms with van der Waals surface area (Å²) in [6.07, 6.45) is 0.606. The van der Waals surface area contributed by atoms with Crippen molar-refractivity contribution >= 4 is 33.4 Å². The maximum atomic E-state index is 12.1. The first-order chi connectivity index (χ1) is 9.69. The molecule has 1 aromatic carbocycles. The van der Waals surface area contributed by atoms with E-state index in [1.807, 2.05) is 13.8 Å². The molecule has 0 aromatic heterocycles. The van der Waals surface area contributed by atoms with Crippen molar-refractivity contribution in [2.24, 2.45) is 5.41 Å². The summed E-state index contributed by atoms with van der Waals surface area (Å²) in [6, 6.07) is 4.60. The van der Waals surface area contributed by atoms with Crippen LogP contribution in [0.2, 0.25) is 0 Å². The van der Waals surface area contributed by atoms with E-state index in [-0.39, 0.29) is 29.5 Å². The number of imide groups is 1. The number of piperidine rings is 1. The van der Waals surface area contributed by atoms with Gasteiger partial charge in [-0.2, -0.15) is 0 Å². The summed E-state index contributed by atoms with van der Waals surface area (Å²) in [5.41, 5.74) is 0.159. The molecule has 0 unspecified atom stereocenters. The Morgan fingerprint density at radius 2 is 1.86 bits per heavy atom. The second kappa shape index (κ2) is 5.55. The topological polar surface area (TPSA) is 80.5 Å². The number of rotatable bonds is 3. The fraction of sp³-hybridized carbons (Fsp3) is 0.429. The van der Waals surface area contributed by atoms with Gasteiger partial charge in [-0.3, -0.25) is 24.6 Å². The van der Waals surface area contributed by atoms with E-state index < -0.39 is 4.92 Å². The molecule has 0 radical (unpaired) electrons. The molecule has 0 aliphatic carbocycles. The van der Waals surface area contributed by atoms with Crippen LogP contribution in [-0.2, 0) is 16.1 Å². The standard InChI is InChI=1S/C14H15BrN2O4/c1-14(2)6-12(18)16(13(19)7-14)8-9-3-4-10(15)11(5-9)17(20)21/h3-5H,6-8H2,1-2H3. The fourth-order valence-corrected chi connectivity index (χ4v) is 2.76. The fourth-order valence-electron chi connectivity index (χ4n) is 2.37. The van der Waals surface area contributed by atoms with Crippen LogP contribution in [0.25, 0.3) is 0 Å². The molecule has 1 fully saturated rings. The number of benzene rings is 1. The number of hydrogen-bond donors (Lipinski definition) is 0. The third kappa shape index (κ3) is 3.47. The molecule has 1 aliphatic heterocycles. The van der Waals surface area contributed by atoms with E-state index >= 15 is 0 Å². The first-order valence-electron chi connectivity index (χ1n) is 6.46. The van der Waals surface area contributed by atoms with Crippen LogP contribution in [0.4, 0.5) is 5.69 Å². The van der Waals surface area contributed by atoms with Gasteiger partial charge in [0, 0.05) is 18.9 Å². The molecule has 0 atom stereocenters. The molecule has 7 heteroatoms. The van der Waals surface area contributed by atoms with Gasteiger partial charge in [0.25, 0.3) is 5.69 Å². The van der Waals surface area contributed by atoms with E-state index in [0.717, 1.165) is 0 Å². The predicted molar refractivity (Wildman–Crippen MR) is 79.4 cm³/mol. The minimum Gasteiger partial charge on any atom is -0.278 e. The molecule has 1 saturated heterocycles. The summed E-state index contributed by atoms with van der Waals surface area (Å²) in [6.45, 7) is 3.83. The zero-order valence-electron chi connectivity index (χ0n) is 11.8. The highest BCUT2D eigenvalue weighted by molar-refractivity contribution is 9.10. The number of amides is 2. The molecule has 2 amide bonds. The SMILES string of the molecule is CC1(C)CC(=O)N(Cc2ccc(Br)c([N+](=O)[O-])c2)C(=O)C1. The van der Waals surface area contributed by atoms with Gasteiger partial charge >= 0.3 is 0 Å². The molecule has 21 heavy (non-hydrogen) atoms. The smallest absolute Gasteiger partial charge is 0.278 e. The third-order valence-electron chi connectivity index (χ3n) is 3.41. The zero-order chi connectivity index (χ0) is 15.8. The van der Waals surface area contributed by atoms with Gasteiger partial charge in [-0.1, -0.05) is 19.9 Å². The minimum atomic E-state index is -0.503. The molecular weight excluding hydrogens is 340 g/mol. The van der Waals surface area contributed by atoms with Crippen LogP contribution in [0, 0.1) is 15.5 Å². The van der Waals surface area contributed by atoms with Crippen LogP contribution in [-0.4, -0.2) is 21.6 Å². The van der Waals surface area contributed by atoms with Crippen molar-refractivity contribution in [1.29, 1.82) is 0 Å². The lowest BCUT2D eigenvalue weighted by atomic mass is 9.81. The zero-order valence-corrected chi connectivity index (χ0v) is 13.3. The van der Waals surface area contributed by atoms with Gasteiger partial charge < -0.3 is 0 Å². The quantitative estimate of drug-likeness (QED) is 0.474. The second-order valence-corrected chi connectivity index (χ2v) is 6.79. The molecule has 2 rings (SSSR count). The van der Waals surface area contributed by atoms with Crippen molar-refractivity contribution in [3.8, 4) is 0 Å². The summed E-state index contributed by atoms with van der Waals surface area (Å²) in [7, 11) is 0. The average molecular weight is 355 g/mol. The number of nitro benzene ring substituents is 1. The van der Waals surface area contributed by atoms with Gasteiger partial charge in [-0.05, 0) is 33.0 Å². The normalized spacial score (nSPS) is 18.0. The largest absolute Gasteiger partial charge is 0.283 e. The Balaban J connectivity index is 2.22. The van der Waals surface area contributed by atoms with E-state index in [9.17, 15) is 19.7 Å². The number of halogens is 1. The van der Waals surface area contributed by atoms with Crippen LogP contribution in [0.3, 0.4) is 0 Å². The van der Waals surface area contributed by atoms with Crippen LogP contribution in [0.1, 0.15) is 32.3 Å². The molecule has 1 aliphatic rings.